The summed E-state index contributed by atoms with van der Waals surface area (Å²) in [6, 6.07) is 33.1. The van der Waals surface area contributed by atoms with Crippen LogP contribution in [-0.4, -0.2) is 18.0 Å². The Kier molecular flexibility index (Phi) is 4.57. The number of anilines is 1. The molecule has 0 N–H and O–H groups in total. The van der Waals surface area contributed by atoms with Crippen molar-refractivity contribution < 1.29 is 9.59 Å². The number of nitrogens with zero attached hydrogens (tertiary/aromatic N) is 2. The minimum atomic E-state index is -0.884. The van der Waals surface area contributed by atoms with Crippen molar-refractivity contribution in [2.75, 3.05) is 4.90 Å². The maximum absolute atomic E-state index is 14.3. The van der Waals surface area contributed by atoms with Crippen LogP contribution in [0, 0.1) is 11.8 Å². The van der Waals surface area contributed by atoms with E-state index < -0.39 is 17.3 Å². The van der Waals surface area contributed by atoms with E-state index in [2.05, 4.69) is 24.3 Å². The standard InChI is InChI=1S/C31H21ClN2O2/c32-24-16-8-9-17-25(24)34-29(35)27-26-20-12-4-6-14-22(20)31(28(27)30(34)36,23-15-7-5-13-21(23)26)18-33-19-10-2-1-3-11-19/h1-18,26-28H/t26?,27-,28+,31?/m1/s1. The molecule has 1 saturated heterocycles. The summed E-state index contributed by atoms with van der Waals surface area (Å²) >= 11 is 6.50. The molecule has 2 atom stereocenters. The first kappa shape index (κ1) is 21.3. The molecule has 174 valence electrons. The summed E-state index contributed by atoms with van der Waals surface area (Å²) in [5.41, 5.74) is 4.59. The number of hydrogen-bond acceptors (Lipinski definition) is 3. The van der Waals surface area contributed by atoms with Gasteiger partial charge in [-0.15, -0.1) is 0 Å². The van der Waals surface area contributed by atoms with Crippen LogP contribution in [0.2, 0.25) is 5.02 Å². The highest BCUT2D eigenvalue weighted by Gasteiger charge is 2.68. The van der Waals surface area contributed by atoms with Crippen LogP contribution in [0.25, 0.3) is 0 Å². The Morgan fingerprint density at radius 2 is 1.31 bits per heavy atom. The number of imide groups is 1. The number of amides is 2. The molecule has 4 nitrogen and oxygen atoms in total. The zero-order chi connectivity index (χ0) is 24.4. The van der Waals surface area contributed by atoms with E-state index in [1.165, 1.54) is 4.90 Å². The molecule has 0 radical (unpaired) electrons. The summed E-state index contributed by atoms with van der Waals surface area (Å²) in [4.78, 5) is 34.7. The van der Waals surface area contributed by atoms with E-state index in [9.17, 15) is 9.59 Å². The molecule has 1 fully saturated rings. The Morgan fingerprint density at radius 3 is 1.97 bits per heavy atom. The third kappa shape index (κ3) is 2.68. The van der Waals surface area contributed by atoms with Gasteiger partial charge in [-0.25, -0.2) is 4.90 Å². The molecule has 4 aliphatic rings. The molecule has 4 aromatic rings. The van der Waals surface area contributed by atoms with Crippen molar-refractivity contribution in [2.45, 2.75) is 11.3 Å². The normalized spacial score (nSPS) is 25.7. The molecule has 36 heavy (non-hydrogen) atoms. The molecule has 0 aromatic heterocycles. The van der Waals surface area contributed by atoms with Gasteiger partial charge in [-0.3, -0.25) is 14.6 Å². The van der Waals surface area contributed by atoms with E-state index in [4.69, 9.17) is 16.6 Å². The van der Waals surface area contributed by atoms with Gasteiger partial charge in [0.1, 0.15) is 0 Å². The van der Waals surface area contributed by atoms with Crippen molar-refractivity contribution in [2.24, 2.45) is 16.8 Å². The second-order valence-corrected chi connectivity index (χ2v) is 9.99. The highest BCUT2D eigenvalue weighted by Crippen LogP contribution is 2.64. The van der Waals surface area contributed by atoms with Crippen molar-refractivity contribution >= 4 is 41.0 Å². The van der Waals surface area contributed by atoms with Gasteiger partial charge in [0.25, 0.3) is 0 Å². The van der Waals surface area contributed by atoms with Gasteiger partial charge in [0.15, 0.2) is 0 Å². The lowest BCUT2D eigenvalue weighted by molar-refractivity contribution is -0.122. The number of aliphatic imine (C=N–C) groups is 1. The van der Waals surface area contributed by atoms with Gasteiger partial charge in [-0.1, -0.05) is 90.5 Å². The van der Waals surface area contributed by atoms with Crippen LogP contribution in [0.3, 0.4) is 0 Å². The highest BCUT2D eigenvalue weighted by atomic mass is 35.5. The van der Waals surface area contributed by atoms with Crippen LogP contribution in [0.5, 0.6) is 0 Å². The average Bonchev–Trinajstić information content (AvgIpc) is 3.19. The minimum Gasteiger partial charge on any atom is -0.274 e. The smallest absolute Gasteiger partial charge is 0.239 e. The predicted octanol–water partition coefficient (Wildman–Crippen LogP) is 6.29. The first-order valence-electron chi connectivity index (χ1n) is 12.0. The van der Waals surface area contributed by atoms with Crippen LogP contribution in [-0.2, 0) is 15.0 Å². The molecular weight excluding hydrogens is 468 g/mol. The third-order valence-electron chi connectivity index (χ3n) is 7.95. The molecule has 5 heteroatoms. The van der Waals surface area contributed by atoms with E-state index in [1.807, 2.05) is 60.8 Å². The topological polar surface area (TPSA) is 49.7 Å². The minimum absolute atomic E-state index is 0.204. The fraction of sp³-hybridized carbons (Fsp3) is 0.129. The summed E-state index contributed by atoms with van der Waals surface area (Å²) in [5, 5.41) is 0.382. The monoisotopic (exact) mass is 488 g/mol. The lowest BCUT2D eigenvalue weighted by Gasteiger charge is -2.52. The third-order valence-corrected chi connectivity index (χ3v) is 8.27. The molecule has 1 aliphatic heterocycles. The number of rotatable bonds is 3. The van der Waals surface area contributed by atoms with Gasteiger partial charge in [-0.05, 0) is 46.5 Å². The van der Waals surface area contributed by atoms with E-state index >= 15 is 0 Å². The SMILES string of the molecule is O=C1[C@@H]2C3c4ccccc4C(C=Nc4ccccc4)(c4ccccc43)[C@@H]2C(=O)N1c1ccccc1Cl. The van der Waals surface area contributed by atoms with Crippen molar-refractivity contribution in [3.63, 3.8) is 0 Å². The van der Waals surface area contributed by atoms with E-state index in [0.29, 0.717) is 10.7 Å². The Labute approximate surface area is 213 Å². The molecule has 0 spiro atoms. The summed E-state index contributed by atoms with van der Waals surface area (Å²) < 4.78 is 0. The van der Waals surface area contributed by atoms with Gasteiger partial charge in [0.05, 0.1) is 33.6 Å². The second-order valence-electron chi connectivity index (χ2n) is 9.58. The van der Waals surface area contributed by atoms with Gasteiger partial charge < -0.3 is 0 Å². The van der Waals surface area contributed by atoms with Crippen molar-refractivity contribution in [1.29, 1.82) is 0 Å². The van der Waals surface area contributed by atoms with Crippen LogP contribution >= 0.6 is 11.6 Å². The lowest BCUT2D eigenvalue weighted by atomic mass is 9.47. The fourth-order valence-electron chi connectivity index (χ4n) is 6.61. The van der Waals surface area contributed by atoms with Crippen molar-refractivity contribution in [3.05, 3.63) is 130 Å². The highest BCUT2D eigenvalue weighted by molar-refractivity contribution is 6.36. The summed E-state index contributed by atoms with van der Waals surface area (Å²) in [5.74, 6) is -1.81. The maximum atomic E-state index is 14.3. The van der Waals surface area contributed by atoms with E-state index in [-0.39, 0.29) is 17.7 Å². The molecule has 0 saturated carbocycles. The summed E-state index contributed by atoms with van der Waals surface area (Å²) in [6.45, 7) is 0. The van der Waals surface area contributed by atoms with E-state index in [1.54, 1.807) is 24.3 Å². The molecule has 0 unspecified atom stereocenters. The second kappa shape index (κ2) is 7.74. The Morgan fingerprint density at radius 1 is 0.722 bits per heavy atom. The molecule has 8 rings (SSSR count). The van der Waals surface area contributed by atoms with Crippen LogP contribution in [0.4, 0.5) is 11.4 Å². The van der Waals surface area contributed by atoms with Crippen molar-refractivity contribution in [3.8, 4) is 0 Å². The van der Waals surface area contributed by atoms with E-state index in [0.717, 1.165) is 27.9 Å². The molecule has 2 bridgehead atoms. The number of para-hydroxylation sites is 2. The number of benzene rings is 4. The Balaban J connectivity index is 1.53. The number of carbonyl (C=O) groups excluding carboxylic acids is 2. The maximum Gasteiger partial charge on any atom is 0.239 e. The molecule has 2 amide bonds. The molecule has 1 heterocycles. The lowest BCUT2D eigenvalue weighted by Crippen LogP contribution is -2.54. The first-order valence-corrected chi connectivity index (χ1v) is 12.4. The predicted molar refractivity (Wildman–Crippen MR) is 141 cm³/mol. The first-order chi connectivity index (χ1) is 17.6. The summed E-state index contributed by atoms with van der Waals surface area (Å²) in [7, 11) is 0. The van der Waals surface area contributed by atoms with Gasteiger partial charge >= 0.3 is 0 Å². The molecular formula is C31H21ClN2O2. The van der Waals surface area contributed by atoms with Gasteiger partial charge in [0, 0.05) is 12.1 Å². The largest absolute Gasteiger partial charge is 0.274 e. The Hall–Kier alpha value is -4.02. The van der Waals surface area contributed by atoms with Gasteiger partial charge in [0.2, 0.25) is 11.8 Å². The van der Waals surface area contributed by atoms with Crippen molar-refractivity contribution in [1.82, 2.24) is 0 Å². The van der Waals surface area contributed by atoms with Gasteiger partial charge in [-0.2, -0.15) is 0 Å². The number of hydrogen-bond donors (Lipinski definition) is 0. The quantitative estimate of drug-likeness (QED) is 0.251. The number of carbonyl (C=O) groups is 2. The average molecular weight is 489 g/mol. The molecule has 4 aromatic carbocycles. The van der Waals surface area contributed by atoms with Crippen LogP contribution < -0.4 is 4.90 Å². The zero-order valence-corrected chi connectivity index (χ0v) is 20.0. The summed E-state index contributed by atoms with van der Waals surface area (Å²) in [6.07, 6.45) is 1.91. The fourth-order valence-corrected chi connectivity index (χ4v) is 6.83. The zero-order valence-electron chi connectivity index (χ0n) is 19.2. The van der Waals surface area contributed by atoms with Crippen LogP contribution in [0.1, 0.15) is 28.2 Å². The number of halogens is 1. The van der Waals surface area contributed by atoms with Crippen LogP contribution in [0.15, 0.2) is 108 Å². The Bertz CT molecular complexity index is 1530. The molecule has 3 aliphatic carbocycles.